The van der Waals surface area contributed by atoms with Crippen molar-refractivity contribution in [2.45, 2.75) is 32.1 Å². The molecule has 0 amide bonds. The van der Waals surface area contributed by atoms with Crippen LogP contribution in [-0.2, 0) is 4.84 Å². The predicted octanol–water partition coefficient (Wildman–Crippen LogP) is 2.25. The quantitative estimate of drug-likeness (QED) is 0.475. The standard InChI is InChI=1S/C15H20N6O/c1-9(4-2-3-7-22-17)10-5-6-11-12(20-10)13-14(15(16)21-11)19-8-18-13/h5-6,8-9,20H,2-4,7,17H2,1H3,(H2,16,21). The first kappa shape index (κ1) is 14.7. The molecule has 3 heterocycles. The molecule has 0 aliphatic carbocycles. The van der Waals surface area contributed by atoms with E-state index >= 15 is 0 Å². The topological polar surface area (TPSA) is 116 Å². The van der Waals surface area contributed by atoms with Crippen LogP contribution in [0.2, 0.25) is 0 Å². The zero-order valence-electron chi connectivity index (χ0n) is 12.5. The molecule has 0 saturated carbocycles. The molecule has 0 fully saturated rings. The third kappa shape index (κ3) is 2.72. The van der Waals surface area contributed by atoms with E-state index in [-0.39, 0.29) is 0 Å². The molecule has 7 heteroatoms. The largest absolute Gasteiger partial charge is 0.382 e. The van der Waals surface area contributed by atoms with Crippen LogP contribution in [0.4, 0.5) is 5.82 Å². The molecule has 3 aromatic rings. The van der Waals surface area contributed by atoms with Crippen molar-refractivity contribution in [1.82, 2.24) is 19.9 Å². The Morgan fingerprint density at radius 1 is 1.23 bits per heavy atom. The van der Waals surface area contributed by atoms with Crippen molar-refractivity contribution in [3.05, 3.63) is 24.2 Å². The third-order valence-electron chi connectivity index (χ3n) is 3.94. The lowest BCUT2D eigenvalue weighted by atomic mass is 9.99. The number of aromatic amines is 1. The van der Waals surface area contributed by atoms with E-state index in [1.165, 1.54) is 6.33 Å². The number of nitrogens with two attached hydrogens (primary N) is 2. The molecule has 116 valence electrons. The van der Waals surface area contributed by atoms with Crippen molar-refractivity contribution >= 4 is 27.9 Å². The van der Waals surface area contributed by atoms with Gasteiger partial charge in [-0.1, -0.05) is 13.3 Å². The molecular formula is C15H20N6O. The highest BCUT2D eigenvalue weighted by Crippen LogP contribution is 2.27. The van der Waals surface area contributed by atoms with Crippen molar-refractivity contribution in [2.24, 2.45) is 5.90 Å². The number of nitrogens with one attached hydrogen (secondary N) is 1. The number of hydrogen-bond donors (Lipinski definition) is 3. The minimum absolute atomic E-state index is 0.401. The summed E-state index contributed by atoms with van der Waals surface area (Å²) in [5.74, 6) is 5.85. The Kier molecular flexibility index (Phi) is 4.17. The van der Waals surface area contributed by atoms with Gasteiger partial charge in [-0.3, -0.25) is 0 Å². The maximum absolute atomic E-state index is 5.91. The van der Waals surface area contributed by atoms with Crippen molar-refractivity contribution in [2.75, 3.05) is 12.3 Å². The van der Waals surface area contributed by atoms with Crippen molar-refractivity contribution in [1.29, 1.82) is 0 Å². The van der Waals surface area contributed by atoms with Gasteiger partial charge in [-0.05, 0) is 30.9 Å². The summed E-state index contributed by atoms with van der Waals surface area (Å²) in [7, 11) is 0. The number of nitrogen functional groups attached to an aromatic ring is 1. The summed E-state index contributed by atoms with van der Waals surface area (Å²) < 4.78 is 0. The molecule has 0 radical (unpaired) electrons. The van der Waals surface area contributed by atoms with E-state index in [9.17, 15) is 0 Å². The first-order chi connectivity index (χ1) is 10.7. The number of H-pyrrole nitrogens is 1. The molecule has 3 rings (SSSR count). The molecule has 5 N–H and O–H groups in total. The van der Waals surface area contributed by atoms with Crippen LogP contribution in [0.5, 0.6) is 0 Å². The first-order valence-corrected chi connectivity index (χ1v) is 7.41. The highest BCUT2D eigenvalue weighted by Gasteiger charge is 2.12. The van der Waals surface area contributed by atoms with Crippen molar-refractivity contribution in [3.63, 3.8) is 0 Å². The van der Waals surface area contributed by atoms with E-state index in [4.69, 9.17) is 11.6 Å². The van der Waals surface area contributed by atoms with E-state index in [0.29, 0.717) is 23.9 Å². The van der Waals surface area contributed by atoms with Crippen LogP contribution < -0.4 is 11.6 Å². The number of pyridine rings is 2. The second kappa shape index (κ2) is 6.25. The number of imidazole rings is 1. The fraction of sp³-hybridized carbons (Fsp3) is 0.400. The summed E-state index contributed by atoms with van der Waals surface area (Å²) in [4.78, 5) is 20.9. The molecule has 1 unspecified atom stereocenters. The van der Waals surface area contributed by atoms with Gasteiger partial charge in [0.15, 0.2) is 5.82 Å². The summed E-state index contributed by atoms with van der Waals surface area (Å²) in [6, 6.07) is 4.03. The number of fused-ring (bicyclic) bond motifs is 3. The average Bonchev–Trinajstić information content (AvgIpc) is 3.02. The summed E-state index contributed by atoms with van der Waals surface area (Å²) in [6.07, 6.45) is 4.60. The monoisotopic (exact) mass is 300 g/mol. The normalized spacial score (nSPS) is 13.0. The van der Waals surface area contributed by atoms with Crippen LogP contribution >= 0.6 is 0 Å². The van der Waals surface area contributed by atoms with Gasteiger partial charge in [-0.15, -0.1) is 0 Å². The number of nitrogens with zero attached hydrogens (tertiary/aromatic N) is 3. The summed E-state index contributed by atoms with van der Waals surface area (Å²) >= 11 is 0. The van der Waals surface area contributed by atoms with E-state index in [0.717, 1.165) is 41.5 Å². The Morgan fingerprint density at radius 2 is 2.05 bits per heavy atom. The van der Waals surface area contributed by atoms with Crippen LogP contribution in [0.1, 0.15) is 37.8 Å². The third-order valence-corrected chi connectivity index (χ3v) is 3.94. The molecule has 22 heavy (non-hydrogen) atoms. The van der Waals surface area contributed by atoms with Crippen LogP contribution in [0.3, 0.4) is 0 Å². The van der Waals surface area contributed by atoms with Gasteiger partial charge in [0.05, 0.1) is 17.6 Å². The molecule has 1 atom stereocenters. The zero-order chi connectivity index (χ0) is 15.5. The second-order valence-corrected chi connectivity index (χ2v) is 5.51. The second-order valence-electron chi connectivity index (χ2n) is 5.51. The predicted molar refractivity (Wildman–Crippen MR) is 86.0 cm³/mol. The van der Waals surface area contributed by atoms with Gasteiger partial charge >= 0.3 is 0 Å². The van der Waals surface area contributed by atoms with Crippen molar-refractivity contribution in [3.8, 4) is 0 Å². The zero-order valence-corrected chi connectivity index (χ0v) is 12.5. The maximum atomic E-state index is 5.91. The van der Waals surface area contributed by atoms with E-state index in [2.05, 4.69) is 37.8 Å². The van der Waals surface area contributed by atoms with E-state index in [1.807, 2.05) is 6.07 Å². The summed E-state index contributed by atoms with van der Waals surface area (Å²) in [5.41, 5.74) is 10.2. The van der Waals surface area contributed by atoms with Gasteiger partial charge in [0.25, 0.3) is 0 Å². The average molecular weight is 300 g/mol. The fourth-order valence-electron chi connectivity index (χ4n) is 2.67. The lowest BCUT2D eigenvalue weighted by Crippen LogP contribution is -2.03. The number of anilines is 1. The number of rotatable bonds is 6. The van der Waals surface area contributed by atoms with Gasteiger partial charge in [0.1, 0.15) is 17.4 Å². The molecule has 0 saturated heterocycles. The molecule has 3 aromatic heterocycles. The van der Waals surface area contributed by atoms with Gasteiger partial charge < -0.3 is 15.6 Å². The highest BCUT2D eigenvalue weighted by atomic mass is 16.6. The summed E-state index contributed by atoms with van der Waals surface area (Å²) in [5, 5.41) is 0. The van der Waals surface area contributed by atoms with Crippen LogP contribution in [0, 0.1) is 0 Å². The first-order valence-electron chi connectivity index (χ1n) is 7.41. The van der Waals surface area contributed by atoms with Gasteiger partial charge in [0.2, 0.25) is 0 Å². The molecule has 0 aliphatic heterocycles. The Bertz CT molecular complexity index is 784. The minimum atomic E-state index is 0.401. The van der Waals surface area contributed by atoms with E-state index in [1.54, 1.807) is 0 Å². The number of aromatic nitrogens is 4. The van der Waals surface area contributed by atoms with Crippen LogP contribution in [0.25, 0.3) is 22.1 Å². The van der Waals surface area contributed by atoms with Crippen LogP contribution in [-0.4, -0.2) is 26.5 Å². The fourth-order valence-corrected chi connectivity index (χ4v) is 2.67. The SMILES string of the molecule is CC(CCCCON)c1ccc2nc(N)c3ncnc3c2[nH]1. The van der Waals surface area contributed by atoms with Gasteiger partial charge in [0, 0.05) is 5.69 Å². The van der Waals surface area contributed by atoms with Crippen molar-refractivity contribution < 1.29 is 4.84 Å². The Labute approximate surface area is 128 Å². The Hall–Kier alpha value is -2.25. The molecule has 0 spiro atoms. The van der Waals surface area contributed by atoms with Gasteiger partial charge in [-0.25, -0.2) is 20.8 Å². The molecule has 0 aliphatic rings. The molecule has 7 nitrogen and oxygen atoms in total. The Morgan fingerprint density at radius 3 is 2.86 bits per heavy atom. The minimum Gasteiger partial charge on any atom is -0.382 e. The maximum Gasteiger partial charge on any atom is 0.152 e. The Balaban J connectivity index is 1.90. The lowest BCUT2D eigenvalue weighted by molar-refractivity contribution is 0.133. The molecule has 0 bridgehead atoms. The highest BCUT2D eigenvalue weighted by molar-refractivity contribution is 6.03. The molecular weight excluding hydrogens is 280 g/mol. The lowest BCUT2D eigenvalue weighted by Gasteiger charge is -2.13. The molecule has 0 aromatic carbocycles. The van der Waals surface area contributed by atoms with E-state index < -0.39 is 0 Å². The number of unbranched alkanes of at least 4 members (excludes halogenated alkanes) is 1. The van der Waals surface area contributed by atoms with Gasteiger partial charge in [-0.2, -0.15) is 0 Å². The summed E-state index contributed by atoms with van der Waals surface area (Å²) in [6.45, 7) is 2.79. The number of hydrogen-bond acceptors (Lipinski definition) is 6. The van der Waals surface area contributed by atoms with Crippen LogP contribution in [0.15, 0.2) is 18.5 Å². The smallest absolute Gasteiger partial charge is 0.152 e.